The van der Waals surface area contributed by atoms with Gasteiger partial charge in [0.15, 0.2) is 5.82 Å². The van der Waals surface area contributed by atoms with Crippen LogP contribution in [-0.2, 0) is 16.0 Å². The number of carbonyl (C=O) groups is 1. The second-order valence-corrected chi connectivity index (χ2v) is 3.48. The zero-order valence-electron chi connectivity index (χ0n) is 10.2. The molecule has 0 aromatic carbocycles. The molecule has 0 bridgehead atoms. The number of aromatic nitrogens is 2. The van der Waals surface area contributed by atoms with Crippen molar-refractivity contribution in [2.75, 3.05) is 19.7 Å². The predicted octanol–water partition coefficient (Wildman–Crippen LogP) is 0.629. The van der Waals surface area contributed by atoms with E-state index >= 15 is 0 Å². The van der Waals surface area contributed by atoms with Crippen LogP contribution < -0.4 is 5.32 Å². The first-order valence-corrected chi connectivity index (χ1v) is 5.48. The van der Waals surface area contributed by atoms with Gasteiger partial charge in [0.25, 0.3) is 0 Å². The lowest BCUT2D eigenvalue weighted by atomic mass is 10.3. The molecule has 17 heavy (non-hydrogen) atoms. The first-order valence-electron chi connectivity index (χ1n) is 5.48. The Balaban J connectivity index is 2.16. The van der Waals surface area contributed by atoms with Crippen molar-refractivity contribution in [3.05, 3.63) is 23.9 Å². The van der Waals surface area contributed by atoms with E-state index < -0.39 is 0 Å². The van der Waals surface area contributed by atoms with Crippen LogP contribution >= 0.6 is 0 Å². The quantitative estimate of drug-likeness (QED) is 0.427. The van der Waals surface area contributed by atoms with Crippen LogP contribution in [0, 0.1) is 6.92 Å². The van der Waals surface area contributed by atoms with Crippen molar-refractivity contribution in [2.24, 2.45) is 0 Å². The molecule has 6 heteroatoms. The normalized spacial score (nSPS) is 10.2. The molecule has 94 valence electrons. The molecule has 1 aromatic heterocycles. The van der Waals surface area contributed by atoms with Crippen molar-refractivity contribution in [1.82, 2.24) is 15.5 Å². The van der Waals surface area contributed by atoms with E-state index in [9.17, 15) is 4.79 Å². The molecule has 0 amide bonds. The van der Waals surface area contributed by atoms with E-state index in [1.165, 1.54) is 0 Å². The lowest BCUT2D eigenvalue weighted by Gasteiger charge is -2.05. The molecule has 0 saturated carbocycles. The van der Waals surface area contributed by atoms with Gasteiger partial charge in [-0.15, -0.1) is 0 Å². The SMILES string of the molecule is C=C(CNCCc1noc(C)n1)C(=O)OCC. The summed E-state index contributed by atoms with van der Waals surface area (Å²) in [5.41, 5.74) is 0.413. The van der Waals surface area contributed by atoms with Gasteiger partial charge in [0.05, 0.1) is 6.61 Å². The van der Waals surface area contributed by atoms with E-state index in [0.29, 0.717) is 43.4 Å². The standard InChI is InChI=1S/C11H17N3O3/c1-4-16-11(15)8(2)7-12-6-5-10-13-9(3)17-14-10/h12H,2,4-7H2,1,3H3. The second kappa shape index (κ2) is 6.80. The molecule has 0 aliphatic heterocycles. The van der Waals surface area contributed by atoms with Crippen LogP contribution in [0.25, 0.3) is 0 Å². The highest BCUT2D eigenvalue weighted by Gasteiger charge is 2.07. The number of aryl methyl sites for hydroxylation is 1. The van der Waals surface area contributed by atoms with E-state index in [1.807, 2.05) is 0 Å². The van der Waals surface area contributed by atoms with Crippen LogP contribution in [0.2, 0.25) is 0 Å². The van der Waals surface area contributed by atoms with Gasteiger partial charge < -0.3 is 14.6 Å². The average Bonchev–Trinajstić information content (AvgIpc) is 2.70. The number of hydrogen-bond acceptors (Lipinski definition) is 6. The predicted molar refractivity (Wildman–Crippen MR) is 61.4 cm³/mol. The van der Waals surface area contributed by atoms with E-state index in [-0.39, 0.29) is 5.97 Å². The highest BCUT2D eigenvalue weighted by atomic mass is 16.5. The van der Waals surface area contributed by atoms with Gasteiger partial charge in [-0.2, -0.15) is 4.98 Å². The molecule has 6 nitrogen and oxygen atoms in total. The molecule has 0 radical (unpaired) electrons. The van der Waals surface area contributed by atoms with Gasteiger partial charge >= 0.3 is 5.97 Å². The smallest absolute Gasteiger partial charge is 0.334 e. The summed E-state index contributed by atoms with van der Waals surface area (Å²) in [5, 5.41) is 6.82. The van der Waals surface area contributed by atoms with Crippen LogP contribution in [0.15, 0.2) is 16.7 Å². The van der Waals surface area contributed by atoms with Crippen molar-refractivity contribution in [1.29, 1.82) is 0 Å². The van der Waals surface area contributed by atoms with E-state index in [0.717, 1.165) is 0 Å². The highest BCUT2D eigenvalue weighted by molar-refractivity contribution is 5.88. The van der Waals surface area contributed by atoms with Crippen LogP contribution in [-0.4, -0.2) is 35.8 Å². The average molecular weight is 239 g/mol. The first-order chi connectivity index (χ1) is 8.13. The summed E-state index contributed by atoms with van der Waals surface area (Å²) >= 11 is 0. The molecule has 0 fully saturated rings. The molecule has 0 unspecified atom stereocenters. The Hall–Kier alpha value is -1.69. The number of nitrogens with one attached hydrogen (secondary N) is 1. The third-order valence-corrected chi connectivity index (χ3v) is 2.00. The topological polar surface area (TPSA) is 77.3 Å². The second-order valence-electron chi connectivity index (χ2n) is 3.48. The Morgan fingerprint density at radius 3 is 2.94 bits per heavy atom. The minimum Gasteiger partial charge on any atom is -0.463 e. The minimum atomic E-state index is -0.365. The van der Waals surface area contributed by atoms with Crippen molar-refractivity contribution in [3.8, 4) is 0 Å². The van der Waals surface area contributed by atoms with Crippen LogP contribution in [0.5, 0.6) is 0 Å². The molecular formula is C11H17N3O3. The molecule has 1 heterocycles. The van der Waals surface area contributed by atoms with Gasteiger partial charge in [-0.25, -0.2) is 4.79 Å². The van der Waals surface area contributed by atoms with Crippen molar-refractivity contribution in [2.45, 2.75) is 20.3 Å². The Labute approximate surface area is 100 Å². The van der Waals surface area contributed by atoms with E-state index in [2.05, 4.69) is 22.0 Å². The highest BCUT2D eigenvalue weighted by Crippen LogP contribution is 1.96. The molecule has 0 aliphatic rings. The fourth-order valence-corrected chi connectivity index (χ4v) is 1.19. The number of nitrogens with zero attached hydrogens (tertiary/aromatic N) is 2. The number of ether oxygens (including phenoxy) is 1. The zero-order chi connectivity index (χ0) is 12.7. The van der Waals surface area contributed by atoms with Gasteiger partial charge in [0, 0.05) is 32.0 Å². The van der Waals surface area contributed by atoms with E-state index in [4.69, 9.17) is 9.26 Å². The lowest BCUT2D eigenvalue weighted by molar-refractivity contribution is -0.138. The van der Waals surface area contributed by atoms with Crippen LogP contribution in [0.4, 0.5) is 0 Å². The molecule has 0 atom stereocenters. The molecular weight excluding hydrogens is 222 g/mol. The van der Waals surface area contributed by atoms with Gasteiger partial charge in [0.2, 0.25) is 5.89 Å². The van der Waals surface area contributed by atoms with Gasteiger partial charge in [-0.1, -0.05) is 11.7 Å². The number of hydrogen-bond donors (Lipinski definition) is 1. The maximum Gasteiger partial charge on any atom is 0.334 e. The summed E-state index contributed by atoms with van der Waals surface area (Å²) in [4.78, 5) is 15.3. The number of rotatable bonds is 7. The van der Waals surface area contributed by atoms with Crippen molar-refractivity contribution < 1.29 is 14.1 Å². The molecule has 1 rings (SSSR count). The Morgan fingerprint density at radius 2 is 2.35 bits per heavy atom. The molecule has 0 saturated heterocycles. The maximum absolute atomic E-state index is 11.2. The third-order valence-electron chi connectivity index (χ3n) is 2.00. The summed E-state index contributed by atoms with van der Waals surface area (Å²) in [6, 6.07) is 0. The molecule has 0 spiro atoms. The summed E-state index contributed by atoms with van der Waals surface area (Å²) in [7, 11) is 0. The lowest BCUT2D eigenvalue weighted by Crippen LogP contribution is -2.24. The summed E-state index contributed by atoms with van der Waals surface area (Å²) < 4.78 is 9.64. The Kier molecular flexibility index (Phi) is 5.35. The van der Waals surface area contributed by atoms with Crippen LogP contribution in [0.3, 0.4) is 0 Å². The number of carbonyl (C=O) groups excluding carboxylic acids is 1. The fourth-order valence-electron chi connectivity index (χ4n) is 1.19. The fraction of sp³-hybridized carbons (Fsp3) is 0.545. The van der Waals surface area contributed by atoms with Crippen LogP contribution in [0.1, 0.15) is 18.6 Å². The Bertz CT molecular complexity index is 387. The number of esters is 1. The van der Waals surface area contributed by atoms with Crippen molar-refractivity contribution in [3.63, 3.8) is 0 Å². The minimum absolute atomic E-state index is 0.361. The Morgan fingerprint density at radius 1 is 1.59 bits per heavy atom. The zero-order valence-corrected chi connectivity index (χ0v) is 10.2. The largest absolute Gasteiger partial charge is 0.463 e. The van der Waals surface area contributed by atoms with Gasteiger partial charge in [0.1, 0.15) is 0 Å². The summed E-state index contributed by atoms with van der Waals surface area (Å²) in [5.74, 6) is 0.836. The maximum atomic E-state index is 11.2. The summed E-state index contributed by atoms with van der Waals surface area (Å²) in [6.45, 7) is 8.55. The van der Waals surface area contributed by atoms with Gasteiger partial charge in [-0.3, -0.25) is 0 Å². The van der Waals surface area contributed by atoms with Gasteiger partial charge in [-0.05, 0) is 6.92 Å². The van der Waals surface area contributed by atoms with E-state index in [1.54, 1.807) is 13.8 Å². The molecule has 1 N–H and O–H groups in total. The molecule has 1 aromatic rings. The van der Waals surface area contributed by atoms with Crippen molar-refractivity contribution >= 4 is 5.97 Å². The molecule has 0 aliphatic carbocycles. The first kappa shape index (κ1) is 13.4. The third kappa shape index (κ3) is 4.78. The summed E-state index contributed by atoms with van der Waals surface area (Å²) in [6.07, 6.45) is 0.646. The monoisotopic (exact) mass is 239 g/mol.